The number of hydrogen-bond donors (Lipinski definition) is 2. The number of fused-ring (bicyclic) bond motifs is 1. The molecule has 4 nitrogen and oxygen atoms in total. The number of anilines is 2. The second-order valence-electron chi connectivity index (χ2n) is 5.82. The summed E-state index contributed by atoms with van der Waals surface area (Å²) >= 11 is 1.57. The maximum Gasteiger partial charge on any atom is 0.232 e. The van der Waals surface area contributed by atoms with Gasteiger partial charge in [0.05, 0.1) is 12.3 Å². The first-order valence-electron chi connectivity index (χ1n) is 7.31. The molecule has 3 rings (SSSR count). The van der Waals surface area contributed by atoms with Crippen molar-refractivity contribution in [1.82, 2.24) is 0 Å². The van der Waals surface area contributed by atoms with Crippen LogP contribution < -0.4 is 10.6 Å². The molecule has 0 aliphatic carbocycles. The molecule has 1 aromatic carbocycles. The normalized spacial score (nSPS) is 16.5. The van der Waals surface area contributed by atoms with E-state index in [1.807, 2.05) is 49.6 Å². The maximum absolute atomic E-state index is 12.1. The summed E-state index contributed by atoms with van der Waals surface area (Å²) in [4.78, 5) is 25.1. The Labute approximate surface area is 133 Å². The van der Waals surface area contributed by atoms with Gasteiger partial charge in [-0.05, 0) is 41.1 Å². The van der Waals surface area contributed by atoms with Crippen LogP contribution in [0.1, 0.15) is 30.2 Å². The van der Waals surface area contributed by atoms with Crippen molar-refractivity contribution in [3.8, 4) is 0 Å². The maximum atomic E-state index is 12.1. The van der Waals surface area contributed by atoms with Crippen molar-refractivity contribution in [3.63, 3.8) is 0 Å². The zero-order chi connectivity index (χ0) is 15.7. The van der Waals surface area contributed by atoms with Crippen LogP contribution >= 0.6 is 11.3 Å². The van der Waals surface area contributed by atoms with E-state index < -0.39 is 0 Å². The summed E-state index contributed by atoms with van der Waals surface area (Å²) in [5.41, 5.74) is 2.55. The number of benzene rings is 1. The fourth-order valence-electron chi connectivity index (χ4n) is 2.80. The van der Waals surface area contributed by atoms with Crippen LogP contribution in [-0.4, -0.2) is 11.8 Å². The van der Waals surface area contributed by atoms with Crippen LogP contribution in [0.25, 0.3) is 0 Å². The molecule has 0 saturated heterocycles. The van der Waals surface area contributed by atoms with Gasteiger partial charge in [0.15, 0.2) is 0 Å². The Hall–Kier alpha value is -2.14. The number of hydrogen-bond acceptors (Lipinski definition) is 3. The lowest BCUT2D eigenvalue weighted by molar-refractivity contribution is -0.118. The Morgan fingerprint density at radius 3 is 2.86 bits per heavy atom. The highest BCUT2D eigenvalue weighted by atomic mass is 32.1. The van der Waals surface area contributed by atoms with E-state index in [-0.39, 0.29) is 23.7 Å². The highest BCUT2D eigenvalue weighted by Gasteiger charge is 2.32. The SMILES string of the molecule is CC(C)C1C(=O)Nc2ccc(NC(=O)Cc3cccs3)cc21. The minimum absolute atomic E-state index is 0.0343. The Morgan fingerprint density at radius 1 is 1.36 bits per heavy atom. The predicted octanol–water partition coefficient (Wildman–Crippen LogP) is 3.62. The third-order valence-electron chi connectivity index (χ3n) is 3.79. The Bertz CT molecular complexity index is 707. The van der Waals surface area contributed by atoms with Crippen molar-refractivity contribution in [3.05, 3.63) is 46.2 Å². The van der Waals surface area contributed by atoms with Crippen LogP contribution in [0, 0.1) is 5.92 Å². The first-order chi connectivity index (χ1) is 10.5. The molecule has 2 heterocycles. The van der Waals surface area contributed by atoms with Gasteiger partial charge in [-0.3, -0.25) is 9.59 Å². The molecule has 2 amide bonds. The fourth-order valence-corrected chi connectivity index (χ4v) is 3.51. The second kappa shape index (κ2) is 5.93. The topological polar surface area (TPSA) is 58.2 Å². The Kier molecular flexibility index (Phi) is 3.98. The number of nitrogens with one attached hydrogen (secondary N) is 2. The summed E-state index contributed by atoms with van der Waals surface area (Å²) in [6.45, 7) is 4.06. The molecule has 114 valence electrons. The van der Waals surface area contributed by atoms with Gasteiger partial charge in [-0.2, -0.15) is 0 Å². The number of thiophene rings is 1. The lowest BCUT2D eigenvalue weighted by atomic mass is 9.89. The van der Waals surface area contributed by atoms with Gasteiger partial charge in [0.2, 0.25) is 11.8 Å². The lowest BCUT2D eigenvalue weighted by Crippen LogP contribution is -2.17. The van der Waals surface area contributed by atoms with Crippen LogP contribution in [0.2, 0.25) is 0 Å². The van der Waals surface area contributed by atoms with Crippen molar-refractivity contribution in [2.24, 2.45) is 5.92 Å². The minimum atomic E-state index is -0.149. The third kappa shape index (κ3) is 2.90. The zero-order valence-electron chi connectivity index (χ0n) is 12.6. The molecule has 5 heteroatoms. The Morgan fingerprint density at radius 2 is 2.18 bits per heavy atom. The molecular formula is C17H18N2O2S. The van der Waals surface area contributed by atoms with Crippen LogP contribution in [0.4, 0.5) is 11.4 Å². The van der Waals surface area contributed by atoms with Gasteiger partial charge in [-0.1, -0.05) is 19.9 Å². The number of amides is 2. The molecule has 22 heavy (non-hydrogen) atoms. The van der Waals surface area contributed by atoms with Gasteiger partial charge < -0.3 is 10.6 Å². The second-order valence-corrected chi connectivity index (χ2v) is 6.85. The molecule has 0 fully saturated rings. The summed E-state index contributed by atoms with van der Waals surface area (Å²) in [6.07, 6.45) is 0.375. The quantitative estimate of drug-likeness (QED) is 0.905. The predicted molar refractivity (Wildman–Crippen MR) is 89.3 cm³/mol. The van der Waals surface area contributed by atoms with Gasteiger partial charge in [0.1, 0.15) is 0 Å². The average Bonchev–Trinajstić information content (AvgIpc) is 3.04. The molecule has 0 radical (unpaired) electrons. The molecule has 1 aliphatic rings. The highest BCUT2D eigenvalue weighted by Crippen LogP contribution is 2.38. The smallest absolute Gasteiger partial charge is 0.232 e. The zero-order valence-corrected chi connectivity index (χ0v) is 13.4. The van der Waals surface area contributed by atoms with E-state index in [9.17, 15) is 9.59 Å². The van der Waals surface area contributed by atoms with Crippen LogP contribution in [-0.2, 0) is 16.0 Å². The van der Waals surface area contributed by atoms with E-state index in [1.165, 1.54) is 0 Å². The highest BCUT2D eigenvalue weighted by molar-refractivity contribution is 7.10. The third-order valence-corrected chi connectivity index (χ3v) is 4.67. The van der Waals surface area contributed by atoms with E-state index in [0.29, 0.717) is 6.42 Å². The monoisotopic (exact) mass is 314 g/mol. The summed E-state index contributed by atoms with van der Waals surface area (Å²) in [7, 11) is 0. The molecule has 1 atom stereocenters. The lowest BCUT2D eigenvalue weighted by Gasteiger charge is -2.13. The van der Waals surface area contributed by atoms with Crippen LogP contribution in [0.5, 0.6) is 0 Å². The van der Waals surface area contributed by atoms with E-state index in [1.54, 1.807) is 11.3 Å². The van der Waals surface area contributed by atoms with Crippen molar-refractivity contribution >= 4 is 34.5 Å². The average molecular weight is 314 g/mol. The van der Waals surface area contributed by atoms with E-state index >= 15 is 0 Å². The minimum Gasteiger partial charge on any atom is -0.326 e. The van der Waals surface area contributed by atoms with Gasteiger partial charge in [0.25, 0.3) is 0 Å². The van der Waals surface area contributed by atoms with E-state index in [4.69, 9.17) is 0 Å². The van der Waals surface area contributed by atoms with Crippen molar-refractivity contribution in [2.45, 2.75) is 26.2 Å². The summed E-state index contributed by atoms with van der Waals surface area (Å²) in [6, 6.07) is 9.48. The molecule has 0 spiro atoms. The van der Waals surface area contributed by atoms with Crippen molar-refractivity contribution < 1.29 is 9.59 Å². The number of carbonyl (C=O) groups excluding carboxylic acids is 2. The van der Waals surface area contributed by atoms with Gasteiger partial charge in [0, 0.05) is 16.3 Å². The summed E-state index contributed by atoms with van der Waals surface area (Å²) < 4.78 is 0. The first-order valence-corrected chi connectivity index (χ1v) is 8.19. The summed E-state index contributed by atoms with van der Waals surface area (Å²) in [5.74, 6) is 0.0651. The van der Waals surface area contributed by atoms with E-state index in [2.05, 4.69) is 10.6 Å². The van der Waals surface area contributed by atoms with Gasteiger partial charge >= 0.3 is 0 Å². The van der Waals surface area contributed by atoms with Crippen LogP contribution in [0.3, 0.4) is 0 Å². The Balaban J connectivity index is 1.76. The van der Waals surface area contributed by atoms with Gasteiger partial charge in [-0.15, -0.1) is 11.3 Å². The molecule has 1 unspecified atom stereocenters. The summed E-state index contributed by atoms with van der Waals surface area (Å²) in [5, 5.41) is 7.77. The molecular weight excluding hydrogens is 296 g/mol. The van der Waals surface area contributed by atoms with Crippen molar-refractivity contribution in [1.29, 1.82) is 0 Å². The molecule has 1 aromatic heterocycles. The standard InChI is InChI=1S/C17H18N2O2S/c1-10(2)16-13-8-11(5-6-14(13)19-17(16)21)18-15(20)9-12-4-3-7-22-12/h3-8,10,16H,9H2,1-2H3,(H,18,20)(H,19,21). The first kappa shape index (κ1) is 14.8. The molecule has 2 N–H and O–H groups in total. The van der Waals surface area contributed by atoms with Crippen LogP contribution in [0.15, 0.2) is 35.7 Å². The van der Waals surface area contributed by atoms with Crippen molar-refractivity contribution in [2.75, 3.05) is 10.6 Å². The largest absolute Gasteiger partial charge is 0.326 e. The van der Waals surface area contributed by atoms with Gasteiger partial charge in [-0.25, -0.2) is 0 Å². The number of rotatable bonds is 4. The molecule has 0 saturated carbocycles. The number of carbonyl (C=O) groups is 2. The molecule has 1 aliphatic heterocycles. The fraction of sp³-hybridized carbons (Fsp3) is 0.294. The molecule has 2 aromatic rings. The van der Waals surface area contributed by atoms with E-state index in [0.717, 1.165) is 21.8 Å². The molecule has 0 bridgehead atoms.